The maximum Gasteiger partial charge on any atom is 0.418 e. The third-order valence-corrected chi connectivity index (χ3v) is 5.10. The Balaban J connectivity index is 1.39. The van der Waals surface area contributed by atoms with Crippen molar-refractivity contribution in [3.05, 3.63) is 60.2 Å². The average Bonchev–Trinajstić information content (AvgIpc) is 2.77. The second-order valence-corrected chi connectivity index (χ2v) is 7.30. The van der Waals surface area contributed by atoms with E-state index < -0.39 is 17.8 Å². The number of nitrogens with zero attached hydrogens (tertiary/aromatic N) is 1. The number of alkyl halides is 3. The van der Waals surface area contributed by atoms with E-state index in [1.165, 1.54) is 18.2 Å². The molecule has 2 aromatic rings. The minimum Gasteiger partial charge on any atom is -0.484 e. The van der Waals surface area contributed by atoms with Crippen LogP contribution in [-0.4, -0.2) is 43.1 Å². The van der Waals surface area contributed by atoms with Crippen molar-refractivity contribution in [1.82, 2.24) is 10.2 Å². The normalized spacial score (nSPS) is 14.7. The molecular formula is C22H24F3N3O3. The summed E-state index contributed by atoms with van der Waals surface area (Å²) in [5.41, 5.74) is -1.18. The van der Waals surface area contributed by atoms with Gasteiger partial charge in [-0.25, -0.2) is 4.79 Å². The highest BCUT2D eigenvalue weighted by Gasteiger charge is 2.33. The van der Waals surface area contributed by atoms with Crippen molar-refractivity contribution >= 4 is 17.6 Å². The van der Waals surface area contributed by atoms with Gasteiger partial charge in [-0.2, -0.15) is 13.2 Å². The highest BCUT2D eigenvalue weighted by Crippen LogP contribution is 2.34. The topological polar surface area (TPSA) is 70.7 Å². The van der Waals surface area contributed by atoms with E-state index in [1.54, 1.807) is 17.0 Å². The molecule has 0 atom stereocenters. The van der Waals surface area contributed by atoms with Gasteiger partial charge in [0.05, 0.1) is 11.3 Å². The molecule has 9 heteroatoms. The van der Waals surface area contributed by atoms with Crippen LogP contribution in [0.15, 0.2) is 54.6 Å². The molecule has 6 nitrogen and oxygen atoms in total. The zero-order valence-electron chi connectivity index (χ0n) is 16.8. The summed E-state index contributed by atoms with van der Waals surface area (Å²) in [6, 6.07) is 13.2. The SMILES string of the molecule is O=C(NCC1CCN(C(=O)COc2ccccc2)CC1)Nc1ccccc1C(F)(F)F. The van der Waals surface area contributed by atoms with Crippen LogP contribution in [-0.2, 0) is 11.0 Å². The number of likely N-dealkylation sites (tertiary alicyclic amines) is 1. The Morgan fingerprint density at radius 2 is 1.65 bits per heavy atom. The van der Waals surface area contributed by atoms with E-state index in [1.807, 2.05) is 18.2 Å². The summed E-state index contributed by atoms with van der Waals surface area (Å²) >= 11 is 0. The van der Waals surface area contributed by atoms with Crippen molar-refractivity contribution in [3.8, 4) is 5.75 Å². The standard InChI is InChI=1S/C22H24F3N3O3/c23-22(24,25)18-8-4-5-9-19(18)27-21(30)26-14-16-10-12-28(13-11-16)20(29)15-31-17-6-2-1-3-7-17/h1-9,16H,10-15H2,(H2,26,27,30). The summed E-state index contributed by atoms with van der Waals surface area (Å²) < 4.78 is 44.5. The highest BCUT2D eigenvalue weighted by atomic mass is 19.4. The fourth-order valence-corrected chi connectivity index (χ4v) is 3.38. The second-order valence-electron chi connectivity index (χ2n) is 7.30. The fraction of sp³-hybridized carbons (Fsp3) is 0.364. The average molecular weight is 435 g/mol. The largest absolute Gasteiger partial charge is 0.484 e. The summed E-state index contributed by atoms with van der Waals surface area (Å²) in [4.78, 5) is 26.1. The lowest BCUT2D eigenvalue weighted by atomic mass is 9.97. The van der Waals surface area contributed by atoms with Crippen LogP contribution in [0, 0.1) is 5.92 Å². The molecule has 1 aliphatic heterocycles. The molecule has 0 aromatic heterocycles. The minimum atomic E-state index is -4.55. The van der Waals surface area contributed by atoms with Crippen molar-refractivity contribution < 1.29 is 27.5 Å². The van der Waals surface area contributed by atoms with Crippen LogP contribution in [0.2, 0.25) is 0 Å². The number of hydrogen-bond acceptors (Lipinski definition) is 3. The number of nitrogens with one attached hydrogen (secondary N) is 2. The summed E-state index contributed by atoms with van der Waals surface area (Å²) in [6.45, 7) is 1.38. The van der Waals surface area contributed by atoms with E-state index in [9.17, 15) is 22.8 Å². The lowest BCUT2D eigenvalue weighted by molar-refractivity contribution is -0.137. The Bertz CT molecular complexity index is 882. The van der Waals surface area contributed by atoms with Crippen molar-refractivity contribution in [3.63, 3.8) is 0 Å². The predicted octanol–water partition coefficient (Wildman–Crippen LogP) is 4.14. The first-order valence-corrected chi connectivity index (χ1v) is 9.99. The van der Waals surface area contributed by atoms with Gasteiger partial charge in [0, 0.05) is 19.6 Å². The third kappa shape index (κ3) is 6.63. The van der Waals surface area contributed by atoms with Crippen LogP contribution >= 0.6 is 0 Å². The molecule has 0 bridgehead atoms. The number of carbonyl (C=O) groups is 2. The van der Waals surface area contributed by atoms with Gasteiger partial charge >= 0.3 is 12.2 Å². The fourth-order valence-electron chi connectivity index (χ4n) is 3.38. The van der Waals surface area contributed by atoms with Gasteiger partial charge in [0.1, 0.15) is 5.75 Å². The summed E-state index contributed by atoms with van der Waals surface area (Å²) in [6.07, 6.45) is -3.17. The molecule has 0 aliphatic carbocycles. The van der Waals surface area contributed by atoms with Crippen molar-refractivity contribution in [2.24, 2.45) is 5.92 Å². The van der Waals surface area contributed by atoms with Gasteiger partial charge in [-0.15, -0.1) is 0 Å². The van der Waals surface area contributed by atoms with Crippen LogP contribution < -0.4 is 15.4 Å². The van der Waals surface area contributed by atoms with Crippen LogP contribution in [0.3, 0.4) is 0 Å². The molecule has 31 heavy (non-hydrogen) atoms. The lowest BCUT2D eigenvalue weighted by Gasteiger charge is -2.32. The number of ether oxygens (including phenoxy) is 1. The van der Waals surface area contributed by atoms with Crippen LogP contribution in [0.25, 0.3) is 0 Å². The van der Waals surface area contributed by atoms with Crippen molar-refractivity contribution in [2.75, 3.05) is 31.6 Å². The molecule has 1 saturated heterocycles. The first-order chi connectivity index (χ1) is 14.8. The van der Waals surface area contributed by atoms with Gasteiger partial charge in [0.15, 0.2) is 6.61 Å². The maximum absolute atomic E-state index is 13.0. The van der Waals surface area contributed by atoms with Gasteiger partial charge in [0.25, 0.3) is 5.91 Å². The number of halogens is 3. The molecule has 1 heterocycles. The van der Waals surface area contributed by atoms with E-state index in [2.05, 4.69) is 10.6 Å². The highest BCUT2D eigenvalue weighted by molar-refractivity contribution is 5.90. The quantitative estimate of drug-likeness (QED) is 0.716. The molecule has 0 spiro atoms. The Labute approximate surface area is 178 Å². The molecule has 166 valence electrons. The molecule has 0 radical (unpaired) electrons. The Hall–Kier alpha value is -3.23. The van der Waals surface area contributed by atoms with Crippen molar-refractivity contribution in [2.45, 2.75) is 19.0 Å². The third-order valence-electron chi connectivity index (χ3n) is 5.10. The summed E-state index contributed by atoms with van der Waals surface area (Å²) in [7, 11) is 0. The van der Waals surface area contributed by atoms with Gasteiger partial charge in [-0.3, -0.25) is 4.79 Å². The number of benzene rings is 2. The zero-order chi connectivity index (χ0) is 22.3. The van der Waals surface area contributed by atoms with E-state index >= 15 is 0 Å². The summed E-state index contributed by atoms with van der Waals surface area (Å²) in [5, 5.41) is 4.89. The van der Waals surface area contributed by atoms with Gasteiger partial charge in [0.2, 0.25) is 0 Å². The second kappa shape index (κ2) is 10.2. The molecule has 0 saturated carbocycles. The monoisotopic (exact) mass is 435 g/mol. The van der Waals surface area contributed by atoms with E-state index in [0.717, 1.165) is 6.07 Å². The Kier molecular flexibility index (Phi) is 7.38. The van der Waals surface area contributed by atoms with E-state index in [0.29, 0.717) is 38.2 Å². The minimum absolute atomic E-state index is 0.0338. The van der Waals surface area contributed by atoms with E-state index in [-0.39, 0.29) is 24.1 Å². The number of anilines is 1. The Morgan fingerprint density at radius 1 is 1.00 bits per heavy atom. The molecule has 1 fully saturated rings. The molecular weight excluding hydrogens is 411 g/mol. The number of hydrogen-bond donors (Lipinski definition) is 2. The van der Waals surface area contributed by atoms with Gasteiger partial charge < -0.3 is 20.3 Å². The summed E-state index contributed by atoms with van der Waals surface area (Å²) in [5.74, 6) is 0.674. The number of piperidine rings is 1. The molecule has 3 rings (SSSR count). The first-order valence-electron chi connectivity index (χ1n) is 9.99. The first kappa shape index (κ1) is 22.5. The molecule has 0 unspecified atom stereocenters. The van der Waals surface area contributed by atoms with Crippen LogP contribution in [0.5, 0.6) is 5.75 Å². The van der Waals surface area contributed by atoms with Gasteiger partial charge in [-0.1, -0.05) is 30.3 Å². The number of para-hydroxylation sites is 2. The number of rotatable bonds is 6. The molecule has 3 amide bonds. The number of carbonyl (C=O) groups excluding carboxylic acids is 2. The van der Waals surface area contributed by atoms with E-state index in [4.69, 9.17) is 4.74 Å². The Morgan fingerprint density at radius 3 is 2.32 bits per heavy atom. The molecule has 2 aromatic carbocycles. The predicted molar refractivity (Wildman–Crippen MR) is 110 cm³/mol. The molecule has 2 N–H and O–H groups in total. The van der Waals surface area contributed by atoms with Crippen molar-refractivity contribution in [1.29, 1.82) is 0 Å². The smallest absolute Gasteiger partial charge is 0.418 e. The zero-order valence-corrected chi connectivity index (χ0v) is 16.8. The maximum atomic E-state index is 13.0. The van der Waals surface area contributed by atoms with Crippen LogP contribution in [0.1, 0.15) is 18.4 Å². The lowest BCUT2D eigenvalue weighted by Crippen LogP contribution is -2.43. The van der Waals surface area contributed by atoms with Gasteiger partial charge in [-0.05, 0) is 43.0 Å². The molecule has 1 aliphatic rings. The number of urea groups is 1. The van der Waals surface area contributed by atoms with Crippen LogP contribution in [0.4, 0.5) is 23.7 Å². The number of amides is 3.